The van der Waals surface area contributed by atoms with Crippen LogP contribution in [0.25, 0.3) is 0 Å². The maximum absolute atomic E-state index is 5.55. The second-order valence-corrected chi connectivity index (χ2v) is 4.65. The van der Waals surface area contributed by atoms with E-state index in [1.54, 1.807) is 7.11 Å². The van der Waals surface area contributed by atoms with Gasteiger partial charge in [0.05, 0.1) is 13.2 Å². The maximum Gasteiger partial charge on any atom is 0.226 e. The van der Waals surface area contributed by atoms with Crippen LogP contribution in [0.3, 0.4) is 0 Å². The fourth-order valence-corrected chi connectivity index (χ4v) is 2.04. The number of methoxy groups -OCH3 is 1. The number of anilines is 1. The second kappa shape index (κ2) is 6.16. The van der Waals surface area contributed by atoms with Crippen molar-refractivity contribution in [1.29, 1.82) is 0 Å². The molecule has 2 heterocycles. The molecule has 106 valence electrons. The Labute approximate surface area is 113 Å². The zero-order valence-electron chi connectivity index (χ0n) is 11.7. The molecule has 1 unspecified atom stereocenters. The van der Waals surface area contributed by atoms with E-state index in [2.05, 4.69) is 15.3 Å². The smallest absolute Gasteiger partial charge is 0.226 e. The van der Waals surface area contributed by atoms with Crippen LogP contribution in [0.1, 0.15) is 19.0 Å². The van der Waals surface area contributed by atoms with Crippen molar-refractivity contribution in [2.75, 3.05) is 38.8 Å². The lowest BCUT2D eigenvalue weighted by molar-refractivity contribution is -0.00632. The van der Waals surface area contributed by atoms with Gasteiger partial charge in [-0.2, -0.15) is 4.98 Å². The number of aromatic nitrogens is 2. The molecule has 0 spiro atoms. The van der Waals surface area contributed by atoms with Gasteiger partial charge in [-0.05, 0) is 13.8 Å². The number of nitrogens with one attached hydrogen (secondary N) is 1. The van der Waals surface area contributed by atoms with Crippen LogP contribution < -0.4 is 10.1 Å². The summed E-state index contributed by atoms with van der Waals surface area (Å²) in [5.74, 6) is 1.15. The van der Waals surface area contributed by atoms with Gasteiger partial charge in [-0.15, -0.1) is 0 Å². The number of ether oxygens (including phenoxy) is 3. The van der Waals surface area contributed by atoms with Gasteiger partial charge in [0.15, 0.2) is 0 Å². The van der Waals surface area contributed by atoms with Gasteiger partial charge in [0.2, 0.25) is 11.8 Å². The van der Waals surface area contributed by atoms with E-state index in [1.807, 2.05) is 19.9 Å². The van der Waals surface area contributed by atoms with Crippen molar-refractivity contribution in [3.63, 3.8) is 0 Å². The highest BCUT2D eigenvalue weighted by atomic mass is 16.5. The molecule has 1 aliphatic heterocycles. The zero-order valence-corrected chi connectivity index (χ0v) is 11.7. The third-order valence-electron chi connectivity index (χ3n) is 3.19. The molecule has 0 bridgehead atoms. The highest BCUT2D eigenvalue weighted by molar-refractivity contribution is 5.31. The van der Waals surface area contributed by atoms with Crippen molar-refractivity contribution in [2.24, 2.45) is 0 Å². The molecule has 1 aliphatic rings. The Morgan fingerprint density at radius 2 is 2.32 bits per heavy atom. The first-order valence-corrected chi connectivity index (χ1v) is 6.53. The summed E-state index contributed by atoms with van der Waals surface area (Å²) < 4.78 is 16.4. The summed E-state index contributed by atoms with van der Waals surface area (Å²) in [6.45, 7) is 6.39. The summed E-state index contributed by atoms with van der Waals surface area (Å²) in [4.78, 5) is 8.65. The van der Waals surface area contributed by atoms with E-state index >= 15 is 0 Å². The average molecular weight is 267 g/mol. The molecule has 1 aromatic rings. The summed E-state index contributed by atoms with van der Waals surface area (Å²) in [5, 5.41) is 3.21. The Morgan fingerprint density at radius 3 is 2.95 bits per heavy atom. The number of rotatable bonds is 6. The molecular weight excluding hydrogens is 246 g/mol. The van der Waals surface area contributed by atoms with Crippen molar-refractivity contribution in [3.05, 3.63) is 11.8 Å². The number of aryl methyl sites for hydroxylation is 1. The molecule has 1 fully saturated rings. The minimum atomic E-state index is -0.279. The Hall–Kier alpha value is -1.40. The molecule has 6 heteroatoms. The molecule has 1 saturated heterocycles. The van der Waals surface area contributed by atoms with E-state index in [-0.39, 0.29) is 5.60 Å². The second-order valence-electron chi connectivity index (χ2n) is 4.65. The Bertz CT molecular complexity index is 420. The van der Waals surface area contributed by atoms with Crippen LogP contribution in [0.2, 0.25) is 0 Å². The van der Waals surface area contributed by atoms with E-state index in [4.69, 9.17) is 14.2 Å². The van der Waals surface area contributed by atoms with E-state index in [0.29, 0.717) is 31.6 Å². The average Bonchev–Trinajstić information content (AvgIpc) is 2.86. The highest BCUT2D eigenvalue weighted by Gasteiger charge is 2.34. The van der Waals surface area contributed by atoms with Crippen molar-refractivity contribution >= 4 is 5.95 Å². The molecule has 0 saturated carbocycles. The van der Waals surface area contributed by atoms with Crippen molar-refractivity contribution in [3.8, 4) is 5.88 Å². The first kappa shape index (κ1) is 14.0. The molecule has 0 aromatic carbocycles. The van der Waals surface area contributed by atoms with E-state index in [0.717, 1.165) is 18.7 Å². The summed E-state index contributed by atoms with van der Waals surface area (Å²) in [5.41, 5.74) is 0.592. The topological polar surface area (TPSA) is 65.5 Å². The fraction of sp³-hybridized carbons (Fsp3) is 0.692. The Morgan fingerprint density at radius 1 is 1.47 bits per heavy atom. The standard InChI is InChI=1S/C13H21N3O3/c1-4-19-11-7-10(2)15-12(16-11)14-8-13(17-3)5-6-18-9-13/h7H,4-6,8-9H2,1-3H3,(H,14,15,16). The summed E-state index contributed by atoms with van der Waals surface area (Å²) in [6.07, 6.45) is 0.876. The molecule has 6 nitrogen and oxygen atoms in total. The molecule has 2 rings (SSSR count). The van der Waals surface area contributed by atoms with Crippen LogP contribution in [0, 0.1) is 6.92 Å². The highest BCUT2D eigenvalue weighted by Crippen LogP contribution is 2.23. The van der Waals surface area contributed by atoms with Gasteiger partial charge < -0.3 is 19.5 Å². The maximum atomic E-state index is 5.55. The van der Waals surface area contributed by atoms with Crippen LogP contribution in [0.15, 0.2) is 6.07 Å². The lowest BCUT2D eigenvalue weighted by Gasteiger charge is -2.25. The number of hydrogen-bond donors (Lipinski definition) is 1. The quantitative estimate of drug-likeness (QED) is 0.840. The molecule has 0 radical (unpaired) electrons. The lowest BCUT2D eigenvalue weighted by atomic mass is 10.0. The van der Waals surface area contributed by atoms with Gasteiger partial charge in [-0.25, -0.2) is 4.98 Å². The van der Waals surface area contributed by atoms with Crippen molar-refractivity contribution < 1.29 is 14.2 Å². The number of nitrogens with zero attached hydrogens (tertiary/aromatic N) is 2. The minimum absolute atomic E-state index is 0.279. The Kier molecular flexibility index (Phi) is 4.55. The van der Waals surface area contributed by atoms with Crippen LogP contribution in [-0.4, -0.2) is 49.0 Å². The van der Waals surface area contributed by atoms with E-state index in [9.17, 15) is 0 Å². The Balaban J connectivity index is 2.02. The largest absolute Gasteiger partial charge is 0.478 e. The normalized spacial score (nSPS) is 22.5. The van der Waals surface area contributed by atoms with Gasteiger partial charge in [0, 0.05) is 38.4 Å². The van der Waals surface area contributed by atoms with E-state index in [1.165, 1.54) is 0 Å². The first-order chi connectivity index (χ1) is 9.17. The zero-order chi connectivity index (χ0) is 13.7. The summed E-state index contributed by atoms with van der Waals surface area (Å²) in [6, 6.07) is 1.82. The molecule has 1 N–H and O–H groups in total. The van der Waals surface area contributed by atoms with Crippen LogP contribution in [-0.2, 0) is 9.47 Å². The number of hydrogen-bond acceptors (Lipinski definition) is 6. The molecule has 0 amide bonds. The third kappa shape index (κ3) is 3.54. The van der Waals surface area contributed by atoms with Gasteiger partial charge in [0.1, 0.15) is 5.60 Å². The fourth-order valence-electron chi connectivity index (χ4n) is 2.04. The predicted molar refractivity (Wildman–Crippen MR) is 71.6 cm³/mol. The summed E-state index contributed by atoms with van der Waals surface area (Å²) >= 11 is 0. The lowest BCUT2D eigenvalue weighted by Crippen LogP contribution is -2.39. The molecule has 1 aromatic heterocycles. The van der Waals surface area contributed by atoms with Crippen LogP contribution >= 0.6 is 0 Å². The first-order valence-electron chi connectivity index (χ1n) is 6.53. The molecule has 0 aliphatic carbocycles. The van der Waals surface area contributed by atoms with Crippen LogP contribution in [0.4, 0.5) is 5.95 Å². The van der Waals surface area contributed by atoms with E-state index < -0.39 is 0 Å². The van der Waals surface area contributed by atoms with Crippen LogP contribution in [0.5, 0.6) is 5.88 Å². The van der Waals surface area contributed by atoms with Gasteiger partial charge in [-0.1, -0.05) is 0 Å². The van der Waals surface area contributed by atoms with Crippen molar-refractivity contribution in [1.82, 2.24) is 9.97 Å². The minimum Gasteiger partial charge on any atom is -0.478 e. The van der Waals surface area contributed by atoms with Gasteiger partial charge in [-0.3, -0.25) is 0 Å². The summed E-state index contributed by atoms with van der Waals surface area (Å²) in [7, 11) is 1.71. The SMILES string of the molecule is CCOc1cc(C)nc(NCC2(OC)CCOC2)n1. The monoisotopic (exact) mass is 267 g/mol. The predicted octanol–water partition coefficient (Wildman–Crippen LogP) is 1.40. The van der Waals surface area contributed by atoms with Gasteiger partial charge in [0.25, 0.3) is 0 Å². The van der Waals surface area contributed by atoms with Gasteiger partial charge >= 0.3 is 0 Å². The molecule has 19 heavy (non-hydrogen) atoms. The molecular formula is C13H21N3O3. The van der Waals surface area contributed by atoms with Crippen molar-refractivity contribution in [2.45, 2.75) is 25.9 Å². The third-order valence-corrected chi connectivity index (χ3v) is 3.19. The molecule has 1 atom stereocenters.